The van der Waals surface area contributed by atoms with Crippen LogP contribution in [0.5, 0.6) is 0 Å². The average molecular weight is 879 g/mol. The van der Waals surface area contributed by atoms with Crippen LogP contribution in [0, 0.1) is 16.7 Å². The van der Waals surface area contributed by atoms with Gasteiger partial charge in [0.2, 0.25) is 12.1 Å². The van der Waals surface area contributed by atoms with Crippen LogP contribution in [0.1, 0.15) is 89.0 Å². The standard InChI is InChI=1S/C35H52BrCl3O12Si/c1-16(2)52(17(3)4,18(5)6)51-21-13-34-28(49-30(44)50-34)26-32(11,27(42)25(47-20(8)41)24(19(21)7)31(34,9)10)23(12-22(36)33(26,45)14-40)48-29(43)46-15-35(37,38)39/h16-18,21-23,25-26,28,40,45H,12-15H2,1-11H3/t21-,22-,23-,25+,26-,28-,32+,33-,34+/m0/s1. The molecule has 52 heavy (non-hydrogen) atoms. The topological polar surface area (TPSA) is 164 Å². The largest absolute Gasteiger partial charge is 0.509 e. The van der Waals surface area contributed by atoms with E-state index < -0.39 is 107 Å². The lowest BCUT2D eigenvalue weighted by Gasteiger charge is -2.63. The molecule has 2 N–H and O–H groups in total. The molecule has 1 spiro atoms. The molecule has 1 aliphatic heterocycles. The zero-order valence-corrected chi connectivity index (χ0v) is 36.4. The SMILES string of the molecule is CC(=O)O[C@H]1C(=O)[C@]2(C)[C@@H](OC(=O)OCC(Cl)(Cl)Cl)C[C@H](Br)[C@@](O)(CO)[C@H]2[C@@H]2OC(=O)O[C@]23C[C@H](O[Si](C(C)C)(C(C)C)C(C)C)C(C)=C1C3(C)C. The van der Waals surface area contributed by atoms with Crippen LogP contribution in [0.25, 0.3) is 0 Å². The van der Waals surface area contributed by atoms with Crippen LogP contribution in [-0.2, 0) is 37.7 Å². The number of aliphatic hydroxyl groups excluding tert-OH is 1. The predicted octanol–water partition coefficient (Wildman–Crippen LogP) is 7.49. The first-order valence-corrected chi connectivity index (χ1v) is 21.7. The summed E-state index contributed by atoms with van der Waals surface area (Å²) in [5, 5.41) is 23.5. The van der Waals surface area contributed by atoms with E-state index in [0.717, 1.165) is 0 Å². The molecule has 12 nitrogen and oxygen atoms in total. The maximum atomic E-state index is 15.5. The molecule has 9 atom stereocenters. The van der Waals surface area contributed by atoms with E-state index in [1.165, 1.54) is 13.8 Å². The van der Waals surface area contributed by atoms with Crippen molar-refractivity contribution in [1.82, 2.24) is 0 Å². The first kappa shape index (κ1) is 43.6. The van der Waals surface area contributed by atoms with Crippen molar-refractivity contribution in [2.24, 2.45) is 16.7 Å². The summed E-state index contributed by atoms with van der Waals surface area (Å²) >= 11 is 20.9. The number of fused-ring (bicyclic) bond motifs is 3. The Balaban J connectivity index is 2.09. The van der Waals surface area contributed by atoms with E-state index in [2.05, 4.69) is 57.5 Å². The minimum atomic E-state index is -2.67. The molecule has 4 aliphatic rings. The number of carbonyl (C=O) groups is 4. The van der Waals surface area contributed by atoms with Crippen molar-refractivity contribution in [2.75, 3.05) is 13.2 Å². The molecule has 2 bridgehead atoms. The van der Waals surface area contributed by atoms with Crippen LogP contribution in [0.2, 0.25) is 16.6 Å². The Bertz CT molecular complexity index is 1460. The minimum Gasteiger partial charge on any atom is -0.450 e. The highest BCUT2D eigenvalue weighted by atomic mass is 79.9. The summed E-state index contributed by atoms with van der Waals surface area (Å²) in [4.78, 5) is 54.1. The normalized spacial score (nSPS) is 36.1. The van der Waals surface area contributed by atoms with Gasteiger partial charge >= 0.3 is 18.3 Å². The Morgan fingerprint density at radius 2 is 1.60 bits per heavy atom. The molecule has 296 valence electrons. The Morgan fingerprint density at radius 3 is 2.08 bits per heavy atom. The number of hydrogen-bond acceptors (Lipinski definition) is 12. The molecular formula is C35H52BrCl3O12Si. The number of alkyl halides is 4. The molecule has 0 aromatic heterocycles. The van der Waals surface area contributed by atoms with Crippen molar-refractivity contribution in [3.8, 4) is 0 Å². The predicted molar refractivity (Wildman–Crippen MR) is 199 cm³/mol. The third kappa shape index (κ3) is 6.85. The fourth-order valence-electron chi connectivity index (χ4n) is 10.1. The lowest BCUT2D eigenvalue weighted by molar-refractivity contribution is -0.233. The first-order valence-electron chi connectivity index (χ1n) is 17.6. The zero-order chi connectivity index (χ0) is 39.7. The zero-order valence-electron chi connectivity index (χ0n) is 31.5. The number of halogens is 4. The van der Waals surface area contributed by atoms with Crippen LogP contribution in [0.15, 0.2) is 11.1 Å². The number of ketones is 1. The quantitative estimate of drug-likeness (QED) is 0.0773. The van der Waals surface area contributed by atoms with Gasteiger partial charge in [-0.2, -0.15) is 0 Å². The molecule has 0 aromatic carbocycles. The highest BCUT2D eigenvalue weighted by Crippen LogP contribution is 2.66. The average Bonchev–Trinajstić information content (AvgIpc) is 3.33. The van der Waals surface area contributed by atoms with Crippen LogP contribution >= 0.6 is 50.7 Å². The molecule has 2 saturated carbocycles. The summed E-state index contributed by atoms with van der Waals surface area (Å²) in [6.07, 6.45) is -7.75. The number of rotatable bonds is 9. The fourth-order valence-corrected chi connectivity index (χ4v) is 16.6. The number of Topliss-reactive ketones (excluding diaryl/α,β-unsaturated/α-hetero) is 1. The van der Waals surface area contributed by atoms with Crippen molar-refractivity contribution in [2.45, 2.75) is 150 Å². The molecule has 1 heterocycles. The second-order valence-corrected chi connectivity index (χ2v) is 25.4. The third-order valence-electron chi connectivity index (χ3n) is 12.4. The van der Waals surface area contributed by atoms with Crippen LogP contribution in [0.4, 0.5) is 9.59 Å². The smallest absolute Gasteiger partial charge is 0.450 e. The van der Waals surface area contributed by atoms with Crippen LogP contribution in [-0.4, -0.2) is 100 Å². The summed E-state index contributed by atoms with van der Waals surface area (Å²) in [6.45, 7) is 19.2. The van der Waals surface area contributed by atoms with E-state index in [9.17, 15) is 24.6 Å². The van der Waals surface area contributed by atoms with Gasteiger partial charge in [-0.1, -0.05) is 106 Å². The Morgan fingerprint density at radius 1 is 1.04 bits per heavy atom. The molecule has 17 heteroatoms. The molecule has 0 unspecified atom stereocenters. The van der Waals surface area contributed by atoms with Gasteiger partial charge in [0.1, 0.15) is 18.3 Å². The van der Waals surface area contributed by atoms with Gasteiger partial charge in [-0.3, -0.25) is 9.59 Å². The first-order chi connectivity index (χ1) is 23.7. The summed E-state index contributed by atoms with van der Waals surface area (Å²) < 4.78 is 34.6. The number of carbonyl (C=O) groups excluding carboxylic acids is 4. The highest BCUT2D eigenvalue weighted by Gasteiger charge is 2.78. The van der Waals surface area contributed by atoms with Gasteiger partial charge in [-0.15, -0.1) is 0 Å². The maximum Gasteiger partial charge on any atom is 0.509 e. The molecule has 0 aromatic rings. The van der Waals surface area contributed by atoms with Crippen molar-refractivity contribution in [1.29, 1.82) is 0 Å². The summed E-state index contributed by atoms with van der Waals surface area (Å²) in [6, 6.07) is 0. The van der Waals surface area contributed by atoms with E-state index in [0.29, 0.717) is 11.1 Å². The number of esters is 1. The fraction of sp³-hybridized carbons (Fsp3) is 0.829. The number of ether oxygens (including phenoxy) is 5. The minimum absolute atomic E-state index is 0.0471. The van der Waals surface area contributed by atoms with E-state index in [1.54, 1.807) is 13.8 Å². The molecular weight excluding hydrogens is 827 g/mol. The number of aliphatic hydroxyl groups is 2. The van der Waals surface area contributed by atoms with Crippen LogP contribution in [0.3, 0.4) is 0 Å². The van der Waals surface area contributed by atoms with E-state index in [1.807, 2.05) is 6.92 Å². The van der Waals surface area contributed by atoms with E-state index in [4.69, 9.17) is 62.9 Å². The summed E-state index contributed by atoms with van der Waals surface area (Å²) in [5.74, 6) is -3.07. The van der Waals surface area contributed by atoms with E-state index >= 15 is 4.79 Å². The van der Waals surface area contributed by atoms with Gasteiger partial charge in [-0.05, 0) is 41.6 Å². The maximum absolute atomic E-state index is 15.5. The summed E-state index contributed by atoms with van der Waals surface area (Å²) in [7, 11) is -2.67. The monoisotopic (exact) mass is 876 g/mol. The molecule has 3 fully saturated rings. The second-order valence-electron chi connectivity index (χ2n) is 16.4. The Kier molecular flexibility index (Phi) is 12.4. The van der Waals surface area contributed by atoms with Crippen molar-refractivity contribution >= 4 is 83.1 Å². The highest BCUT2D eigenvalue weighted by molar-refractivity contribution is 9.09. The molecule has 0 amide bonds. The Hall–Kier alpha value is -1.13. The van der Waals surface area contributed by atoms with Gasteiger partial charge in [0.15, 0.2) is 23.6 Å². The Labute approximate surface area is 330 Å². The molecule has 1 saturated heterocycles. The lowest BCUT2D eigenvalue weighted by atomic mass is 9.46. The van der Waals surface area contributed by atoms with Gasteiger partial charge in [0.25, 0.3) is 0 Å². The number of hydrogen-bond donors (Lipinski definition) is 2. The molecule has 3 aliphatic carbocycles. The third-order valence-corrected chi connectivity index (χ3v) is 20.0. The van der Waals surface area contributed by atoms with Crippen molar-refractivity contribution in [3.05, 3.63) is 11.1 Å². The van der Waals surface area contributed by atoms with E-state index in [-0.39, 0.29) is 29.5 Å². The molecule has 0 radical (unpaired) electrons. The van der Waals surface area contributed by atoms with Gasteiger partial charge in [0, 0.05) is 35.9 Å². The summed E-state index contributed by atoms with van der Waals surface area (Å²) in [5.41, 5.74) is -5.72. The van der Waals surface area contributed by atoms with Gasteiger partial charge < -0.3 is 38.3 Å². The lowest BCUT2D eigenvalue weighted by Crippen LogP contribution is -2.76. The molecule has 4 rings (SSSR count). The van der Waals surface area contributed by atoms with Gasteiger partial charge in [0.05, 0.1) is 18.1 Å². The van der Waals surface area contributed by atoms with Crippen molar-refractivity contribution < 1.29 is 57.5 Å². The second kappa shape index (κ2) is 14.7. The van der Waals surface area contributed by atoms with Gasteiger partial charge in [-0.25, -0.2) is 9.59 Å². The van der Waals surface area contributed by atoms with Crippen molar-refractivity contribution in [3.63, 3.8) is 0 Å². The van der Waals surface area contributed by atoms with Crippen LogP contribution < -0.4 is 0 Å².